The maximum Gasteiger partial charge on any atom is 0.142 e. The van der Waals surface area contributed by atoms with Crippen LogP contribution in [-0.2, 0) is 5.41 Å². The van der Waals surface area contributed by atoms with Crippen molar-refractivity contribution in [3.63, 3.8) is 0 Å². The molecule has 0 aliphatic carbocycles. The molecule has 3 N–H and O–H groups in total. The maximum atomic E-state index is 9.42. The highest BCUT2D eigenvalue weighted by molar-refractivity contribution is 5.85. The Morgan fingerprint density at radius 1 is 1.27 bits per heavy atom. The van der Waals surface area contributed by atoms with E-state index in [2.05, 4.69) is 20.8 Å². The molecule has 0 saturated heterocycles. The summed E-state index contributed by atoms with van der Waals surface area (Å²) in [6.45, 7) is 6.21. The summed E-state index contributed by atoms with van der Waals surface area (Å²) < 4.78 is 5.19. The van der Waals surface area contributed by atoms with Crippen molar-refractivity contribution in [3.05, 3.63) is 17.7 Å². The minimum Gasteiger partial charge on any atom is -0.506 e. The third kappa shape index (κ3) is 2.93. The highest BCUT2D eigenvalue weighted by Crippen LogP contribution is 2.37. The molecule has 3 nitrogen and oxygen atoms in total. The second-order valence-corrected chi connectivity index (χ2v) is 4.36. The predicted molar refractivity (Wildman–Crippen MR) is 65.0 cm³/mol. The molecular formula is C11H18ClNO2. The van der Waals surface area contributed by atoms with Gasteiger partial charge in [0.15, 0.2) is 0 Å². The molecule has 1 aromatic carbocycles. The van der Waals surface area contributed by atoms with Gasteiger partial charge in [-0.1, -0.05) is 20.8 Å². The maximum absolute atomic E-state index is 9.42. The van der Waals surface area contributed by atoms with Crippen molar-refractivity contribution in [3.8, 4) is 11.5 Å². The number of hydrogen-bond acceptors (Lipinski definition) is 3. The molecule has 0 amide bonds. The Bertz CT molecular complexity index is 345. The van der Waals surface area contributed by atoms with Crippen LogP contribution in [0.2, 0.25) is 0 Å². The summed E-state index contributed by atoms with van der Waals surface area (Å²) in [5.41, 5.74) is 6.97. The number of nitrogen functional groups attached to an aromatic ring is 1. The summed E-state index contributed by atoms with van der Waals surface area (Å²) in [4.78, 5) is 0. The average Bonchev–Trinajstić information content (AvgIpc) is 2.07. The molecule has 0 aliphatic rings. The number of phenolic OH excluding ortho intramolecular Hbond substituents is 1. The zero-order valence-corrected chi connectivity index (χ0v) is 10.3. The lowest BCUT2D eigenvalue weighted by molar-refractivity contribution is 0.392. The van der Waals surface area contributed by atoms with Gasteiger partial charge in [-0.05, 0) is 11.5 Å². The molecule has 1 aromatic rings. The Morgan fingerprint density at radius 3 is 2.20 bits per heavy atom. The predicted octanol–water partition coefficient (Wildman–Crippen LogP) is 2.70. The average molecular weight is 232 g/mol. The molecule has 0 saturated carbocycles. The van der Waals surface area contributed by atoms with Crippen LogP contribution in [0.1, 0.15) is 26.3 Å². The molecule has 4 heteroatoms. The second kappa shape index (κ2) is 4.62. The molecule has 0 radical (unpaired) electrons. The molecule has 0 unspecified atom stereocenters. The third-order valence-corrected chi connectivity index (χ3v) is 2.16. The zero-order chi connectivity index (χ0) is 10.9. The molecule has 1 rings (SSSR count). The van der Waals surface area contributed by atoms with Gasteiger partial charge in [0.25, 0.3) is 0 Å². The largest absolute Gasteiger partial charge is 0.506 e. The Labute approximate surface area is 96.7 Å². The van der Waals surface area contributed by atoms with Gasteiger partial charge < -0.3 is 15.6 Å². The first-order valence-corrected chi connectivity index (χ1v) is 4.53. The number of rotatable bonds is 1. The fourth-order valence-corrected chi connectivity index (χ4v) is 1.34. The lowest BCUT2D eigenvalue weighted by Gasteiger charge is -2.22. The van der Waals surface area contributed by atoms with E-state index < -0.39 is 0 Å². The summed E-state index contributed by atoms with van der Waals surface area (Å²) in [5, 5.41) is 9.42. The number of benzene rings is 1. The van der Waals surface area contributed by atoms with Crippen molar-refractivity contribution < 1.29 is 9.84 Å². The standard InChI is InChI=1S/C11H17NO2.ClH/c1-11(2,3)7-5-8(12)9(13)6-10(7)14-4;/h5-6,13H,12H2,1-4H3;1H. The van der Waals surface area contributed by atoms with Crippen LogP contribution in [-0.4, -0.2) is 12.2 Å². The van der Waals surface area contributed by atoms with Crippen molar-refractivity contribution >= 4 is 18.1 Å². The normalized spacial score (nSPS) is 10.7. The minimum atomic E-state index is -0.0484. The van der Waals surface area contributed by atoms with Crippen molar-refractivity contribution in [1.29, 1.82) is 0 Å². The highest BCUT2D eigenvalue weighted by Gasteiger charge is 2.20. The summed E-state index contributed by atoms with van der Waals surface area (Å²) >= 11 is 0. The Morgan fingerprint density at radius 2 is 1.80 bits per heavy atom. The molecule has 86 valence electrons. The van der Waals surface area contributed by atoms with Crippen LogP contribution in [0.5, 0.6) is 11.5 Å². The van der Waals surface area contributed by atoms with Crippen LogP contribution in [0.15, 0.2) is 12.1 Å². The van der Waals surface area contributed by atoms with E-state index in [1.807, 2.05) is 0 Å². The van der Waals surface area contributed by atoms with Gasteiger partial charge in [0.2, 0.25) is 0 Å². The fourth-order valence-electron chi connectivity index (χ4n) is 1.34. The van der Waals surface area contributed by atoms with E-state index in [4.69, 9.17) is 10.5 Å². The van der Waals surface area contributed by atoms with Gasteiger partial charge in [-0.15, -0.1) is 12.4 Å². The third-order valence-electron chi connectivity index (χ3n) is 2.16. The van der Waals surface area contributed by atoms with E-state index in [9.17, 15) is 5.11 Å². The van der Waals surface area contributed by atoms with Crippen molar-refractivity contribution in [1.82, 2.24) is 0 Å². The molecule has 0 bridgehead atoms. The van der Waals surface area contributed by atoms with Crippen LogP contribution in [0.25, 0.3) is 0 Å². The van der Waals surface area contributed by atoms with Gasteiger partial charge in [-0.25, -0.2) is 0 Å². The number of methoxy groups -OCH3 is 1. The SMILES string of the molecule is COc1cc(O)c(N)cc1C(C)(C)C.Cl. The second-order valence-electron chi connectivity index (χ2n) is 4.36. The molecule has 0 aromatic heterocycles. The van der Waals surface area contributed by atoms with Crippen LogP contribution >= 0.6 is 12.4 Å². The first kappa shape index (κ1) is 13.9. The number of hydrogen-bond donors (Lipinski definition) is 2. The van der Waals surface area contributed by atoms with Crippen molar-refractivity contribution in [2.75, 3.05) is 12.8 Å². The smallest absolute Gasteiger partial charge is 0.142 e. The van der Waals surface area contributed by atoms with Gasteiger partial charge in [0.05, 0.1) is 12.8 Å². The molecule has 0 aliphatic heterocycles. The lowest BCUT2D eigenvalue weighted by Crippen LogP contribution is -2.13. The van der Waals surface area contributed by atoms with Crippen LogP contribution < -0.4 is 10.5 Å². The molecule has 15 heavy (non-hydrogen) atoms. The van der Waals surface area contributed by atoms with Gasteiger partial charge in [0, 0.05) is 11.6 Å². The van der Waals surface area contributed by atoms with Crippen LogP contribution in [0.4, 0.5) is 5.69 Å². The summed E-state index contributed by atoms with van der Waals surface area (Å²) in [5.74, 6) is 0.735. The number of ether oxygens (including phenoxy) is 1. The zero-order valence-electron chi connectivity index (χ0n) is 9.50. The van der Waals surface area contributed by atoms with Gasteiger partial charge in [-0.2, -0.15) is 0 Å². The molecule has 0 heterocycles. The number of phenols is 1. The van der Waals surface area contributed by atoms with E-state index in [1.165, 1.54) is 0 Å². The Balaban J connectivity index is 0.00000196. The van der Waals surface area contributed by atoms with Crippen LogP contribution in [0, 0.1) is 0 Å². The Kier molecular flexibility index (Phi) is 4.28. The lowest BCUT2D eigenvalue weighted by atomic mass is 9.86. The van der Waals surface area contributed by atoms with Crippen LogP contribution in [0.3, 0.4) is 0 Å². The molecule has 0 atom stereocenters. The van der Waals surface area contributed by atoms with Gasteiger partial charge in [0.1, 0.15) is 11.5 Å². The Hall–Kier alpha value is -1.09. The monoisotopic (exact) mass is 231 g/mol. The first-order valence-electron chi connectivity index (χ1n) is 4.53. The van der Waals surface area contributed by atoms with E-state index in [0.29, 0.717) is 11.4 Å². The number of halogens is 1. The summed E-state index contributed by atoms with van der Waals surface area (Å²) in [6.07, 6.45) is 0. The quantitative estimate of drug-likeness (QED) is 0.577. The molecule has 0 fully saturated rings. The van der Waals surface area contributed by atoms with Gasteiger partial charge in [-0.3, -0.25) is 0 Å². The summed E-state index contributed by atoms with van der Waals surface area (Å²) in [6, 6.07) is 3.31. The van der Waals surface area contributed by atoms with E-state index >= 15 is 0 Å². The van der Waals surface area contributed by atoms with Crippen molar-refractivity contribution in [2.24, 2.45) is 0 Å². The number of anilines is 1. The van der Waals surface area contributed by atoms with Crippen molar-refractivity contribution in [2.45, 2.75) is 26.2 Å². The van der Waals surface area contributed by atoms with E-state index in [-0.39, 0.29) is 23.6 Å². The first-order chi connectivity index (χ1) is 6.36. The number of aromatic hydroxyl groups is 1. The van der Waals surface area contributed by atoms with Gasteiger partial charge >= 0.3 is 0 Å². The minimum absolute atomic E-state index is 0. The topological polar surface area (TPSA) is 55.5 Å². The van der Waals surface area contributed by atoms with E-state index in [1.54, 1.807) is 19.2 Å². The summed E-state index contributed by atoms with van der Waals surface area (Å²) in [7, 11) is 1.58. The van der Waals surface area contributed by atoms with E-state index in [0.717, 1.165) is 5.56 Å². The number of nitrogens with two attached hydrogens (primary N) is 1. The highest BCUT2D eigenvalue weighted by atomic mass is 35.5. The fraction of sp³-hybridized carbons (Fsp3) is 0.455. The molecule has 0 spiro atoms. The molecular weight excluding hydrogens is 214 g/mol.